The summed E-state index contributed by atoms with van der Waals surface area (Å²) in [5.41, 5.74) is 2.09. The average Bonchev–Trinajstić information content (AvgIpc) is 3.15. The predicted molar refractivity (Wildman–Crippen MR) is 114 cm³/mol. The summed E-state index contributed by atoms with van der Waals surface area (Å²) < 4.78 is 6.66. The molecular weight excluding hydrogens is 386 g/mol. The molecule has 1 heterocycles. The zero-order chi connectivity index (χ0) is 20.6. The number of hydrogen-bond donors (Lipinski definition) is 1. The van der Waals surface area contributed by atoms with Crippen LogP contribution in [0.4, 0.5) is 0 Å². The van der Waals surface area contributed by atoms with E-state index in [1.54, 1.807) is 24.0 Å². The minimum atomic E-state index is -0.361. The monoisotopic (exact) mass is 415 g/mol. The van der Waals surface area contributed by atoms with Crippen molar-refractivity contribution in [3.8, 4) is 0 Å². The molecule has 1 aliphatic carbocycles. The zero-order valence-electron chi connectivity index (χ0n) is 17.1. The van der Waals surface area contributed by atoms with Gasteiger partial charge in [0.05, 0.1) is 31.0 Å². The summed E-state index contributed by atoms with van der Waals surface area (Å²) in [5.74, 6) is 0.517. The highest BCUT2D eigenvalue weighted by Crippen LogP contribution is 2.26. The Morgan fingerprint density at radius 2 is 2.07 bits per heavy atom. The highest BCUT2D eigenvalue weighted by molar-refractivity contribution is 7.99. The number of thioether (sulfide) groups is 1. The van der Waals surface area contributed by atoms with E-state index in [0.717, 1.165) is 35.6 Å². The Labute approximate surface area is 176 Å². The maximum atomic E-state index is 12.9. The number of benzene rings is 1. The molecule has 0 saturated heterocycles. The van der Waals surface area contributed by atoms with Gasteiger partial charge in [-0.3, -0.25) is 9.48 Å². The summed E-state index contributed by atoms with van der Waals surface area (Å²) in [5, 5.41) is 8.56. The Hall–Kier alpha value is -2.28. The number of nitrogens with zero attached hydrogens (tertiary/aromatic N) is 2. The molecule has 1 aromatic heterocycles. The first-order chi connectivity index (χ1) is 14.1. The van der Waals surface area contributed by atoms with E-state index in [9.17, 15) is 9.59 Å². The lowest BCUT2D eigenvalue weighted by atomic mass is 9.95. The van der Waals surface area contributed by atoms with Crippen LogP contribution in [0.3, 0.4) is 0 Å². The maximum Gasteiger partial charge on any atom is 0.337 e. The largest absolute Gasteiger partial charge is 0.465 e. The van der Waals surface area contributed by atoms with E-state index >= 15 is 0 Å². The molecule has 6 nitrogen and oxygen atoms in total. The van der Waals surface area contributed by atoms with Crippen LogP contribution in [-0.2, 0) is 11.3 Å². The molecule has 0 aliphatic heterocycles. The van der Waals surface area contributed by atoms with Crippen molar-refractivity contribution in [3.63, 3.8) is 0 Å². The number of carbonyl (C=O) groups excluding carboxylic acids is 2. The van der Waals surface area contributed by atoms with E-state index < -0.39 is 0 Å². The third kappa shape index (κ3) is 5.63. The number of aromatic nitrogens is 2. The molecule has 0 spiro atoms. The number of carbonyl (C=O) groups is 2. The Morgan fingerprint density at radius 3 is 2.79 bits per heavy atom. The van der Waals surface area contributed by atoms with Crippen molar-refractivity contribution in [2.45, 2.75) is 63.1 Å². The molecule has 0 radical (unpaired) electrons. The predicted octanol–water partition coefficient (Wildman–Crippen LogP) is 4.28. The molecule has 1 amide bonds. The van der Waals surface area contributed by atoms with Gasteiger partial charge in [-0.25, -0.2) is 4.79 Å². The van der Waals surface area contributed by atoms with E-state index in [4.69, 9.17) is 4.74 Å². The Kier molecular flexibility index (Phi) is 7.75. The van der Waals surface area contributed by atoms with Crippen molar-refractivity contribution in [2.24, 2.45) is 0 Å². The summed E-state index contributed by atoms with van der Waals surface area (Å²) in [6.07, 6.45) is 8.40. The van der Waals surface area contributed by atoms with Gasteiger partial charge in [-0.15, -0.1) is 11.8 Å². The molecule has 156 valence electrons. The third-order valence-corrected chi connectivity index (χ3v) is 6.42. The van der Waals surface area contributed by atoms with Gasteiger partial charge in [-0.2, -0.15) is 5.10 Å². The van der Waals surface area contributed by atoms with Crippen LogP contribution in [0.15, 0.2) is 35.5 Å². The number of ether oxygens (including phenoxy) is 1. The van der Waals surface area contributed by atoms with E-state index in [1.807, 2.05) is 22.9 Å². The molecule has 7 heteroatoms. The molecular formula is C22H29N3O3S. The van der Waals surface area contributed by atoms with Crippen molar-refractivity contribution in [3.05, 3.63) is 47.2 Å². The van der Waals surface area contributed by atoms with Crippen molar-refractivity contribution in [1.82, 2.24) is 15.1 Å². The topological polar surface area (TPSA) is 73.2 Å². The highest BCUT2D eigenvalue weighted by atomic mass is 32.2. The van der Waals surface area contributed by atoms with E-state index in [2.05, 4.69) is 17.3 Å². The van der Waals surface area contributed by atoms with E-state index in [-0.39, 0.29) is 17.9 Å². The lowest BCUT2D eigenvalue weighted by Crippen LogP contribution is -2.36. The summed E-state index contributed by atoms with van der Waals surface area (Å²) in [6.45, 7) is 2.61. The average molecular weight is 416 g/mol. The normalized spacial score (nSPS) is 14.6. The fraction of sp³-hybridized carbons (Fsp3) is 0.500. The minimum Gasteiger partial charge on any atom is -0.465 e. The summed E-state index contributed by atoms with van der Waals surface area (Å²) in [7, 11) is 1.37. The second-order valence-corrected chi connectivity index (χ2v) is 8.45. The van der Waals surface area contributed by atoms with Crippen molar-refractivity contribution in [2.75, 3.05) is 12.9 Å². The number of esters is 1. The van der Waals surface area contributed by atoms with Crippen LogP contribution >= 0.6 is 11.8 Å². The number of methoxy groups -OCH3 is 1. The van der Waals surface area contributed by atoms with Crippen LogP contribution in [0, 0.1) is 0 Å². The highest BCUT2D eigenvalue weighted by Gasteiger charge is 2.22. The molecule has 3 rings (SSSR count). The zero-order valence-corrected chi connectivity index (χ0v) is 18.0. The van der Waals surface area contributed by atoms with Crippen LogP contribution in [0.25, 0.3) is 0 Å². The van der Waals surface area contributed by atoms with Crippen LogP contribution in [0.2, 0.25) is 0 Å². The van der Waals surface area contributed by atoms with Crippen LogP contribution in [-0.4, -0.2) is 40.6 Å². The quantitative estimate of drug-likeness (QED) is 0.514. The standard InChI is InChI=1S/C22H29N3O3S/c1-3-12-29-21-19(20(26)24-18-10-5-4-6-11-18)14-23-25(21)15-16-8-7-9-17(13-16)22(27)28-2/h7-9,13-14,18H,3-6,10-12,15H2,1-2H3,(H,24,26). The molecule has 29 heavy (non-hydrogen) atoms. The van der Waals surface area contributed by atoms with Gasteiger partial charge in [0.2, 0.25) is 0 Å². The maximum absolute atomic E-state index is 12.9. The second kappa shape index (κ2) is 10.5. The van der Waals surface area contributed by atoms with Gasteiger partial charge in [0.15, 0.2) is 0 Å². The van der Waals surface area contributed by atoms with Gasteiger partial charge in [-0.1, -0.05) is 38.3 Å². The van der Waals surface area contributed by atoms with Crippen LogP contribution in [0.5, 0.6) is 0 Å². The second-order valence-electron chi connectivity index (χ2n) is 7.37. The molecule has 0 bridgehead atoms. The van der Waals surface area contributed by atoms with Crippen molar-refractivity contribution < 1.29 is 14.3 Å². The lowest BCUT2D eigenvalue weighted by Gasteiger charge is -2.22. The third-order valence-electron chi connectivity index (χ3n) is 5.10. The summed E-state index contributed by atoms with van der Waals surface area (Å²) >= 11 is 1.65. The fourth-order valence-electron chi connectivity index (χ4n) is 3.59. The Bertz CT molecular complexity index is 844. The number of nitrogens with one attached hydrogen (secondary N) is 1. The van der Waals surface area contributed by atoms with Gasteiger partial charge in [0.1, 0.15) is 5.03 Å². The number of rotatable bonds is 8. The van der Waals surface area contributed by atoms with Gasteiger partial charge >= 0.3 is 5.97 Å². The summed E-state index contributed by atoms with van der Waals surface area (Å²) in [6, 6.07) is 7.59. The minimum absolute atomic E-state index is 0.0370. The smallest absolute Gasteiger partial charge is 0.337 e. The van der Waals surface area contributed by atoms with Crippen LogP contribution < -0.4 is 5.32 Å². The summed E-state index contributed by atoms with van der Waals surface area (Å²) in [4.78, 5) is 24.7. The first-order valence-corrected chi connectivity index (χ1v) is 11.3. The molecule has 2 aromatic rings. The van der Waals surface area contributed by atoms with E-state index in [0.29, 0.717) is 17.7 Å². The molecule has 1 aromatic carbocycles. The molecule has 1 N–H and O–H groups in total. The molecule has 0 unspecified atom stereocenters. The number of amides is 1. The van der Waals surface area contributed by atoms with Gasteiger partial charge in [0, 0.05) is 6.04 Å². The van der Waals surface area contributed by atoms with Gasteiger partial charge < -0.3 is 10.1 Å². The van der Waals surface area contributed by atoms with Gasteiger partial charge in [-0.05, 0) is 42.7 Å². The Balaban J connectivity index is 1.79. The van der Waals surface area contributed by atoms with Gasteiger partial charge in [0.25, 0.3) is 5.91 Å². The number of hydrogen-bond acceptors (Lipinski definition) is 5. The SMILES string of the molecule is CCCSc1c(C(=O)NC2CCCCC2)cnn1Cc1cccc(C(=O)OC)c1. The lowest BCUT2D eigenvalue weighted by molar-refractivity contribution is 0.0600. The van der Waals surface area contributed by atoms with Crippen molar-refractivity contribution >= 4 is 23.6 Å². The first-order valence-electron chi connectivity index (χ1n) is 10.3. The van der Waals surface area contributed by atoms with Crippen molar-refractivity contribution in [1.29, 1.82) is 0 Å². The molecule has 0 atom stereocenters. The fourth-order valence-corrected chi connectivity index (χ4v) is 4.55. The van der Waals surface area contributed by atoms with E-state index in [1.165, 1.54) is 26.4 Å². The molecule has 1 saturated carbocycles. The van der Waals surface area contributed by atoms with Crippen LogP contribution in [0.1, 0.15) is 71.7 Å². The molecule has 1 fully saturated rings. The molecule has 1 aliphatic rings. The Morgan fingerprint density at radius 1 is 1.28 bits per heavy atom. The first kappa shape index (κ1) is 21.4.